The van der Waals surface area contributed by atoms with Crippen molar-refractivity contribution in [2.75, 3.05) is 13.1 Å². The number of imidazole rings is 1. The van der Waals surface area contributed by atoms with Gasteiger partial charge in [0.25, 0.3) is 0 Å². The largest absolute Gasteiger partial charge is 0.327 e. The minimum Gasteiger partial charge on any atom is -0.327 e. The molecular weight excluding hydrogens is 246 g/mol. The second-order valence-electron chi connectivity index (χ2n) is 5.80. The van der Waals surface area contributed by atoms with E-state index in [-0.39, 0.29) is 0 Å². The first-order chi connectivity index (χ1) is 9.77. The van der Waals surface area contributed by atoms with Gasteiger partial charge >= 0.3 is 0 Å². The fourth-order valence-electron chi connectivity index (χ4n) is 3.26. The molecule has 0 aliphatic carbocycles. The summed E-state index contributed by atoms with van der Waals surface area (Å²) < 4.78 is 2.35. The third-order valence-corrected chi connectivity index (χ3v) is 4.47. The molecule has 106 valence electrons. The number of nitrogens with zero attached hydrogens (tertiary/aromatic N) is 2. The van der Waals surface area contributed by atoms with Crippen LogP contribution in [0.5, 0.6) is 0 Å². The maximum absolute atomic E-state index is 4.41. The first-order valence-corrected chi connectivity index (χ1v) is 7.55. The van der Waals surface area contributed by atoms with E-state index in [1.165, 1.54) is 29.7 Å². The van der Waals surface area contributed by atoms with Crippen LogP contribution in [0.2, 0.25) is 0 Å². The van der Waals surface area contributed by atoms with Gasteiger partial charge in [0, 0.05) is 24.4 Å². The third kappa shape index (κ3) is 2.50. The van der Waals surface area contributed by atoms with Gasteiger partial charge in [-0.1, -0.05) is 24.3 Å². The summed E-state index contributed by atoms with van der Waals surface area (Å²) >= 11 is 0. The first kappa shape index (κ1) is 13.4. The Hall–Kier alpha value is -1.61. The van der Waals surface area contributed by atoms with Gasteiger partial charge in [-0.05, 0) is 44.4 Å². The first-order valence-electron chi connectivity index (χ1n) is 7.55. The van der Waals surface area contributed by atoms with Gasteiger partial charge in [-0.15, -0.1) is 0 Å². The van der Waals surface area contributed by atoms with E-state index in [1.54, 1.807) is 0 Å². The third-order valence-electron chi connectivity index (χ3n) is 4.47. The van der Waals surface area contributed by atoms with E-state index in [4.69, 9.17) is 0 Å². The molecule has 1 aromatic carbocycles. The van der Waals surface area contributed by atoms with Crippen LogP contribution in [0.4, 0.5) is 0 Å². The van der Waals surface area contributed by atoms with Crippen molar-refractivity contribution >= 4 is 0 Å². The van der Waals surface area contributed by atoms with E-state index in [0.717, 1.165) is 13.1 Å². The van der Waals surface area contributed by atoms with Crippen LogP contribution in [0.1, 0.15) is 48.5 Å². The highest BCUT2D eigenvalue weighted by molar-refractivity contribution is 5.29. The van der Waals surface area contributed by atoms with Crippen molar-refractivity contribution in [3.05, 3.63) is 53.6 Å². The second-order valence-corrected chi connectivity index (χ2v) is 5.80. The summed E-state index contributed by atoms with van der Waals surface area (Å²) in [7, 11) is 0. The van der Waals surface area contributed by atoms with Crippen molar-refractivity contribution in [1.29, 1.82) is 0 Å². The lowest BCUT2D eigenvalue weighted by Crippen LogP contribution is -2.30. The zero-order valence-electron chi connectivity index (χ0n) is 12.3. The molecule has 0 bridgehead atoms. The maximum atomic E-state index is 4.41. The molecule has 3 heteroatoms. The molecule has 1 aliphatic rings. The highest BCUT2D eigenvalue weighted by Gasteiger charge is 2.21. The van der Waals surface area contributed by atoms with Crippen molar-refractivity contribution in [2.45, 2.75) is 38.6 Å². The van der Waals surface area contributed by atoms with Crippen molar-refractivity contribution in [3.8, 4) is 0 Å². The van der Waals surface area contributed by atoms with E-state index in [2.05, 4.69) is 53.0 Å². The zero-order chi connectivity index (χ0) is 13.9. The highest BCUT2D eigenvalue weighted by Crippen LogP contribution is 2.28. The van der Waals surface area contributed by atoms with Gasteiger partial charge in [0.2, 0.25) is 0 Å². The molecule has 1 fully saturated rings. The van der Waals surface area contributed by atoms with Gasteiger partial charge in [0.05, 0.1) is 12.4 Å². The molecule has 0 spiro atoms. The van der Waals surface area contributed by atoms with E-state index in [9.17, 15) is 0 Å². The predicted molar refractivity (Wildman–Crippen MR) is 82.1 cm³/mol. The summed E-state index contributed by atoms with van der Waals surface area (Å²) in [6.45, 7) is 6.68. The molecule has 20 heavy (non-hydrogen) atoms. The van der Waals surface area contributed by atoms with Crippen LogP contribution in [0.3, 0.4) is 0 Å². The Morgan fingerprint density at radius 2 is 2.20 bits per heavy atom. The molecule has 1 saturated heterocycles. The lowest BCUT2D eigenvalue weighted by molar-refractivity contribution is 0.435. The number of hydrogen-bond donors (Lipinski definition) is 1. The molecule has 3 nitrogen and oxygen atoms in total. The number of aromatic nitrogens is 2. The Balaban J connectivity index is 1.91. The average Bonchev–Trinajstić information content (AvgIpc) is 2.97. The van der Waals surface area contributed by atoms with Crippen LogP contribution in [0, 0.1) is 6.92 Å². The van der Waals surface area contributed by atoms with E-state index in [1.807, 2.05) is 12.5 Å². The lowest BCUT2D eigenvalue weighted by atomic mass is 9.95. The predicted octanol–water partition coefficient (Wildman–Crippen LogP) is 3.27. The van der Waals surface area contributed by atoms with Gasteiger partial charge < -0.3 is 9.88 Å². The molecule has 1 N–H and O–H groups in total. The van der Waals surface area contributed by atoms with Gasteiger partial charge in [0.15, 0.2) is 0 Å². The van der Waals surface area contributed by atoms with Crippen LogP contribution >= 0.6 is 0 Å². The topological polar surface area (TPSA) is 29.9 Å². The zero-order valence-corrected chi connectivity index (χ0v) is 12.3. The van der Waals surface area contributed by atoms with Crippen LogP contribution in [0.15, 0.2) is 36.8 Å². The van der Waals surface area contributed by atoms with E-state index >= 15 is 0 Å². The fourth-order valence-corrected chi connectivity index (χ4v) is 3.26. The Morgan fingerprint density at radius 1 is 1.35 bits per heavy atom. The number of aryl methyl sites for hydroxylation is 1. The molecule has 1 aliphatic heterocycles. The Labute approximate surface area is 121 Å². The molecule has 2 unspecified atom stereocenters. The molecule has 0 amide bonds. The van der Waals surface area contributed by atoms with Gasteiger partial charge in [0.1, 0.15) is 0 Å². The summed E-state index contributed by atoms with van der Waals surface area (Å²) in [5.74, 6) is 0.595. The van der Waals surface area contributed by atoms with E-state index < -0.39 is 0 Å². The molecule has 2 atom stereocenters. The summed E-state index contributed by atoms with van der Waals surface area (Å²) in [5.41, 5.74) is 4.10. The van der Waals surface area contributed by atoms with Gasteiger partial charge in [-0.2, -0.15) is 0 Å². The normalized spacial score (nSPS) is 20.8. The minimum absolute atomic E-state index is 0.343. The average molecular weight is 269 g/mol. The standard InChI is InChI=1S/C17H23N3/c1-13-6-3-4-8-16(13)14(2)20-12-19-11-17(20)15-7-5-9-18-10-15/h3-4,6,8,11-12,14-15,18H,5,7,9-10H2,1-2H3. The van der Waals surface area contributed by atoms with Gasteiger partial charge in [-0.3, -0.25) is 0 Å². The monoisotopic (exact) mass is 269 g/mol. The Kier molecular flexibility index (Phi) is 3.88. The SMILES string of the molecule is Cc1ccccc1C(C)n1cncc1C1CCCNC1. The molecule has 2 aromatic rings. The number of hydrogen-bond acceptors (Lipinski definition) is 2. The molecule has 1 aromatic heterocycles. The van der Waals surface area contributed by atoms with Crippen LogP contribution in [0.25, 0.3) is 0 Å². The smallest absolute Gasteiger partial charge is 0.0953 e. The molecule has 0 radical (unpaired) electrons. The fraction of sp³-hybridized carbons (Fsp3) is 0.471. The summed E-state index contributed by atoms with van der Waals surface area (Å²) in [5, 5.41) is 3.50. The number of benzene rings is 1. The highest BCUT2D eigenvalue weighted by atomic mass is 15.1. The number of rotatable bonds is 3. The molecule has 0 saturated carbocycles. The molecular formula is C17H23N3. The van der Waals surface area contributed by atoms with Crippen molar-refractivity contribution in [3.63, 3.8) is 0 Å². The van der Waals surface area contributed by atoms with Gasteiger partial charge in [-0.25, -0.2) is 4.98 Å². The Bertz CT molecular complexity index is 567. The lowest BCUT2D eigenvalue weighted by Gasteiger charge is -2.26. The number of nitrogens with one attached hydrogen (secondary N) is 1. The van der Waals surface area contributed by atoms with Crippen LogP contribution < -0.4 is 5.32 Å². The van der Waals surface area contributed by atoms with Crippen molar-refractivity contribution < 1.29 is 0 Å². The summed E-state index contributed by atoms with van der Waals surface area (Å²) in [6, 6.07) is 8.98. The van der Waals surface area contributed by atoms with Crippen LogP contribution in [-0.2, 0) is 0 Å². The second kappa shape index (κ2) is 5.80. The van der Waals surface area contributed by atoms with Crippen molar-refractivity contribution in [1.82, 2.24) is 14.9 Å². The summed E-state index contributed by atoms with van der Waals surface area (Å²) in [4.78, 5) is 4.41. The molecule has 2 heterocycles. The molecule has 3 rings (SSSR count). The van der Waals surface area contributed by atoms with E-state index in [0.29, 0.717) is 12.0 Å². The van der Waals surface area contributed by atoms with Crippen molar-refractivity contribution in [2.24, 2.45) is 0 Å². The summed E-state index contributed by atoms with van der Waals surface area (Å²) in [6.07, 6.45) is 6.56. The van der Waals surface area contributed by atoms with Crippen LogP contribution in [-0.4, -0.2) is 22.6 Å². The maximum Gasteiger partial charge on any atom is 0.0953 e. The Morgan fingerprint density at radius 3 is 2.95 bits per heavy atom. The quantitative estimate of drug-likeness (QED) is 0.927. The minimum atomic E-state index is 0.343. The number of piperidine rings is 1.